The van der Waals surface area contributed by atoms with Crippen LogP contribution in [-0.2, 0) is 10.8 Å². The maximum absolute atomic E-state index is 11.2. The van der Waals surface area contributed by atoms with E-state index < -0.39 is 10.8 Å². The predicted octanol–water partition coefficient (Wildman–Crippen LogP) is 1.45. The molecule has 0 amide bonds. The van der Waals surface area contributed by atoms with Gasteiger partial charge in [0.15, 0.2) is 11.5 Å². The summed E-state index contributed by atoms with van der Waals surface area (Å²) >= 11 is 0. The number of rotatable bonds is 2. The fraction of sp³-hybridized carbons (Fsp3) is 0.333. The SMILES string of the molecule is COc1cc(C)c(S(C)=O)cc1O. The van der Waals surface area contributed by atoms with E-state index in [0.717, 1.165) is 5.56 Å². The molecule has 0 bridgehead atoms. The number of aromatic hydroxyl groups is 1. The fourth-order valence-corrected chi connectivity index (χ4v) is 1.91. The molecule has 0 aliphatic rings. The molecule has 0 aromatic heterocycles. The van der Waals surface area contributed by atoms with E-state index in [1.165, 1.54) is 13.2 Å². The van der Waals surface area contributed by atoms with Crippen LogP contribution in [0.15, 0.2) is 17.0 Å². The van der Waals surface area contributed by atoms with Crippen molar-refractivity contribution in [3.8, 4) is 11.5 Å². The van der Waals surface area contributed by atoms with Gasteiger partial charge in [-0.25, -0.2) is 0 Å². The number of aryl methyl sites for hydroxylation is 1. The van der Waals surface area contributed by atoms with Crippen molar-refractivity contribution in [2.45, 2.75) is 11.8 Å². The standard InChI is InChI=1S/C9H12O3S/c1-6-4-8(12-2)7(10)5-9(6)13(3)11/h4-5,10H,1-3H3. The summed E-state index contributed by atoms with van der Waals surface area (Å²) in [5.74, 6) is 0.435. The van der Waals surface area contributed by atoms with Crippen LogP contribution in [-0.4, -0.2) is 22.7 Å². The molecule has 0 radical (unpaired) electrons. The third kappa shape index (κ3) is 2.01. The summed E-state index contributed by atoms with van der Waals surface area (Å²) < 4.78 is 16.1. The summed E-state index contributed by atoms with van der Waals surface area (Å²) in [6, 6.07) is 3.15. The monoisotopic (exact) mass is 200 g/mol. The Labute approximate surface area is 79.8 Å². The Balaban J connectivity index is 3.28. The Bertz CT molecular complexity index is 347. The number of hydrogen-bond donors (Lipinski definition) is 1. The first-order valence-electron chi connectivity index (χ1n) is 3.77. The van der Waals surface area contributed by atoms with Crippen LogP contribution >= 0.6 is 0 Å². The average molecular weight is 200 g/mol. The summed E-state index contributed by atoms with van der Waals surface area (Å²) in [5, 5.41) is 9.41. The second kappa shape index (κ2) is 3.79. The van der Waals surface area contributed by atoms with Crippen LogP contribution in [0.3, 0.4) is 0 Å². The van der Waals surface area contributed by atoms with Gasteiger partial charge in [-0.2, -0.15) is 0 Å². The zero-order chi connectivity index (χ0) is 10.0. The van der Waals surface area contributed by atoms with Crippen LogP contribution in [0, 0.1) is 6.92 Å². The van der Waals surface area contributed by atoms with E-state index in [-0.39, 0.29) is 5.75 Å². The van der Waals surface area contributed by atoms with E-state index in [1.807, 2.05) is 6.92 Å². The van der Waals surface area contributed by atoms with Crippen molar-refractivity contribution in [3.05, 3.63) is 17.7 Å². The largest absolute Gasteiger partial charge is 0.504 e. The van der Waals surface area contributed by atoms with Gasteiger partial charge in [0, 0.05) is 17.2 Å². The van der Waals surface area contributed by atoms with Crippen LogP contribution in [0.25, 0.3) is 0 Å². The molecule has 0 saturated heterocycles. The molecule has 1 aromatic carbocycles. The second-order valence-electron chi connectivity index (χ2n) is 2.74. The molecule has 1 N–H and O–H groups in total. The minimum Gasteiger partial charge on any atom is -0.504 e. The van der Waals surface area contributed by atoms with Gasteiger partial charge in [0.05, 0.1) is 17.9 Å². The van der Waals surface area contributed by atoms with Gasteiger partial charge in [-0.05, 0) is 18.6 Å². The molecule has 1 rings (SSSR count). The third-order valence-electron chi connectivity index (χ3n) is 1.79. The van der Waals surface area contributed by atoms with Crippen LogP contribution < -0.4 is 4.74 Å². The third-order valence-corrected chi connectivity index (χ3v) is 2.85. The summed E-state index contributed by atoms with van der Waals surface area (Å²) in [6.07, 6.45) is 1.58. The number of methoxy groups -OCH3 is 1. The Morgan fingerprint density at radius 1 is 1.46 bits per heavy atom. The van der Waals surface area contributed by atoms with Crippen LogP contribution in [0.1, 0.15) is 5.56 Å². The highest BCUT2D eigenvalue weighted by atomic mass is 32.2. The summed E-state index contributed by atoms with van der Waals surface area (Å²) in [4.78, 5) is 0.637. The van der Waals surface area contributed by atoms with E-state index in [2.05, 4.69) is 0 Å². The molecule has 0 heterocycles. The molecule has 0 fully saturated rings. The Morgan fingerprint density at radius 2 is 2.08 bits per heavy atom. The molecule has 1 atom stereocenters. The molecule has 13 heavy (non-hydrogen) atoms. The Morgan fingerprint density at radius 3 is 2.54 bits per heavy atom. The van der Waals surface area contributed by atoms with Gasteiger partial charge >= 0.3 is 0 Å². The minimum absolute atomic E-state index is 0.0262. The smallest absolute Gasteiger partial charge is 0.160 e. The van der Waals surface area contributed by atoms with Crippen molar-refractivity contribution in [2.75, 3.05) is 13.4 Å². The van der Waals surface area contributed by atoms with Crippen molar-refractivity contribution in [3.63, 3.8) is 0 Å². The topological polar surface area (TPSA) is 46.5 Å². The lowest BCUT2D eigenvalue weighted by Gasteiger charge is -2.07. The zero-order valence-electron chi connectivity index (χ0n) is 7.83. The normalized spacial score (nSPS) is 12.5. The van der Waals surface area contributed by atoms with E-state index in [9.17, 15) is 9.32 Å². The van der Waals surface area contributed by atoms with Crippen LogP contribution in [0.4, 0.5) is 0 Å². The summed E-state index contributed by atoms with van der Waals surface area (Å²) in [7, 11) is 0.407. The first-order chi connectivity index (χ1) is 6.06. The first kappa shape index (κ1) is 10.1. The molecule has 0 aliphatic carbocycles. The van der Waals surface area contributed by atoms with Crippen LogP contribution in [0.5, 0.6) is 11.5 Å². The Kier molecular flexibility index (Phi) is 2.93. The summed E-state index contributed by atoms with van der Waals surface area (Å²) in [5.41, 5.74) is 0.857. The molecule has 0 spiro atoms. The number of ether oxygens (including phenoxy) is 1. The van der Waals surface area contributed by atoms with Gasteiger partial charge in [0.1, 0.15) is 0 Å². The molecular weight excluding hydrogens is 188 g/mol. The van der Waals surface area contributed by atoms with Gasteiger partial charge in [-0.1, -0.05) is 0 Å². The highest BCUT2D eigenvalue weighted by Crippen LogP contribution is 2.30. The molecule has 4 heteroatoms. The van der Waals surface area contributed by atoms with Gasteiger partial charge < -0.3 is 9.84 Å². The van der Waals surface area contributed by atoms with Crippen molar-refractivity contribution in [1.29, 1.82) is 0 Å². The van der Waals surface area contributed by atoms with E-state index in [0.29, 0.717) is 10.6 Å². The predicted molar refractivity (Wildman–Crippen MR) is 51.7 cm³/mol. The van der Waals surface area contributed by atoms with Gasteiger partial charge in [0.2, 0.25) is 0 Å². The molecular formula is C9H12O3S. The summed E-state index contributed by atoms with van der Waals surface area (Å²) in [6.45, 7) is 1.83. The van der Waals surface area contributed by atoms with E-state index >= 15 is 0 Å². The van der Waals surface area contributed by atoms with E-state index in [1.54, 1.807) is 12.3 Å². The molecule has 1 unspecified atom stereocenters. The lowest BCUT2D eigenvalue weighted by molar-refractivity contribution is 0.372. The van der Waals surface area contributed by atoms with Crippen molar-refractivity contribution >= 4 is 10.8 Å². The quantitative estimate of drug-likeness (QED) is 0.786. The molecule has 72 valence electrons. The van der Waals surface area contributed by atoms with Gasteiger partial charge in [0.25, 0.3) is 0 Å². The number of phenolic OH excluding ortho intramolecular Hbond substituents is 1. The van der Waals surface area contributed by atoms with Crippen LogP contribution in [0.2, 0.25) is 0 Å². The second-order valence-corrected chi connectivity index (χ2v) is 4.09. The molecule has 3 nitrogen and oxygen atoms in total. The van der Waals surface area contributed by atoms with Crippen molar-refractivity contribution in [2.24, 2.45) is 0 Å². The average Bonchev–Trinajstić information content (AvgIpc) is 2.07. The van der Waals surface area contributed by atoms with Gasteiger partial charge in [-0.15, -0.1) is 0 Å². The number of benzene rings is 1. The lowest BCUT2D eigenvalue weighted by Crippen LogP contribution is -1.93. The maximum Gasteiger partial charge on any atom is 0.160 e. The van der Waals surface area contributed by atoms with Crippen molar-refractivity contribution < 1.29 is 14.1 Å². The molecule has 1 aromatic rings. The Hall–Kier alpha value is -1.03. The fourth-order valence-electron chi connectivity index (χ4n) is 1.12. The minimum atomic E-state index is -1.08. The first-order valence-corrected chi connectivity index (χ1v) is 5.33. The van der Waals surface area contributed by atoms with E-state index in [4.69, 9.17) is 4.74 Å². The number of phenols is 1. The van der Waals surface area contributed by atoms with Gasteiger partial charge in [-0.3, -0.25) is 4.21 Å². The number of hydrogen-bond acceptors (Lipinski definition) is 3. The maximum atomic E-state index is 11.2. The molecule has 0 saturated carbocycles. The van der Waals surface area contributed by atoms with Crippen molar-refractivity contribution in [1.82, 2.24) is 0 Å². The lowest BCUT2D eigenvalue weighted by atomic mass is 10.2. The highest BCUT2D eigenvalue weighted by molar-refractivity contribution is 7.84. The highest BCUT2D eigenvalue weighted by Gasteiger charge is 2.08. The molecule has 0 aliphatic heterocycles. The zero-order valence-corrected chi connectivity index (χ0v) is 8.64.